The predicted octanol–water partition coefficient (Wildman–Crippen LogP) is 2.17. The van der Waals surface area contributed by atoms with Gasteiger partial charge in [-0.15, -0.1) is 0 Å². The summed E-state index contributed by atoms with van der Waals surface area (Å²) in [5.74, 6) is 1.77. The molecule has 0 aromatic rings. The molecule has 0 radical (unpaired) electrons. The number of hydrogen-bond donors (Lipinski definition) is 1. The third-order valence-corrected chi connectivity index (χ3v) is 5.37. The molecule has 19 heavy (non-hydrogen) atoms. The summed E-state index contributed by atoms with van der Waals surface area (Å²) in [6, 6.07) is 1.27. The lowest BCUT2D eigenvalue weighted by Crippen LogP contribution is -2.51. The third kappa shape index (κ3) is 3.93. The Morgan fingerprint density at radius 2 is 1.79 bits per heavy atom. The maximum atomic E-state index is 6.16. The zero-order valence-corrected chi connectivity index (χ0v) is 13.1. The normalized spacial score (nSPS) is 36.9. The Labute approximate surface area is 119 Å². The second-order valence-corrected chi connectivity index (χ2v) is 7.03. The Morgan fingerprint density at radius 3 is 2.42 bits per heavy atom. The quantitative estimate of drug-likeness (QED) is 0.850. The zero-order valence-electron chi connectivity index (χ0n) is 13.1. The lowest BCUT2D eigenvalue weighted by Gasteiger charge is -2.41. The molecule has 0 bridgehead atoms. The van der Waals surface area contributed by atoms with Crippen molar-refractivity contribution in [1.29, 1.82) is 0 Å². The number of rotatable bonds is 3. The Kier molecular flexibility index (Phi) is 5.67. The van der Waals surface area contributed by atoms with Gasteiger partial charge in [-0.1, -0.05) is 19.8 Å². The smallest absolute Gasteiger partial charge is 0.0249 e. The molecule has 3 heteroatoms. The van der Waals surface area contributed by atoms with Crippen LogP contribution in [0.3, 0.4) is 0 Å². The molecule has 1 saturated carbocycles. The van der Waals surface area contributed by atoms with Gasteiger partial charge in [0.15, 0.2) is 0 Å². The Balaban J connectivity index is 1.99. The van der Waals surface area contributed by atoms with E-state index >= 15 is 0 Å². The van der Waals surface area contributed by atoms with Crippen molar-refractivity contribution in [2.75, 3.05) is 33.2 Å². The highest BCUT2D eigenvalue weighted by Gasteiger charge is 2.32. The van der Waals surface area contributed by atoms with Gasteiger partial charge >= 0.3 is 0 Å². The molecule has 0 amide bonds. The van der Waals surface area contributed by atoms with Gasteiger partial charge in [-0.3, -0.25) is 4.90 Å². The molecule has 1 aliphatic heterocycles. The second kappa shape index (κ2) is 7.05. The maximum absolute atomic E-state index is 6.16. The van der Waals surface area contributed by atoms with Crippen LogP contribution in [0.2, 0.25) is 0 Å². The Bertz CT molecular complexity index is 261. The van der Waals surface area contributed by atoms with Crippen molar-refractivity contribution < 1.29 is 0 Å². The van der Waals surface area contributed by atoms with E-state index in [0.29, 0.717) is 12.1 Å². The topological polar surface area (TPSA) is 32.5 Å². The van der Waals surface area contributed by atoms with E-state index in [1.165, 1.54) is 51.7 Å². The van der Waals surface area contributed by atoms with Gasteiger partial charge in [0, 0.05) is 31.7 Å². The summed E-state index contributed by atoms with van der Waals surface area (Å²) >= 11 is 0. The van der Waals surface area contributed by atoms with Gasteiger partial charge in [-0.05, 0) is 51.6 Å². The minimum atomic E-state index is 0.619. The molecule has 1 saturated heterocycles. The van der Waals surface area contributed by atoms with E-state index < -0.39 is 0 Å². The molecular formula is C16H33N3. The maximum Gasteiger partial charge on any atom is 0.0249 e. The van der Waals surface area contributed by atoms with Crippen LogP contribution in [-0.4, -0.2) is 55.1 Å². The van der Waals surface area contributed by atoms with Gasteiger partial charge in [-0.25, -0.2) is 0 Å². The lowest BCUT2D eigenvalue weighted by atomic mass is 9.78. The van der Waals surface area contributed by atoms with Crippen molar-refractivity contribution in [1.82, 2.24) is 9.80 Å². The highest BCUT2D eigenvalue weighted by Crippen LogP contribution is 2.33. The summed E-state index contributed by atoms with van der Waals surface area (Å²) in [6.07, 6.45) is 6.89. The molecule has 2 fully saturated rings. The molecule has 1 heterocycles. The molecule has 2 N–H and O–H groups in total. The highest BCUT2D eigenvalue weighted by atomic mass is 15.3. The van der Waals surface area contributed by atoms with Crippen LogP contribution in [-0.2, 0) is 0 Å². The van der Waals surface area contributed by atoms with Crippen molar-refractivity contribution in [3.63, 3.8) is 0 Å². The van der Waals surface area contributed by atoms with E-state index in [0.717, 1.165) is 18.4 Å². The molecule has 2 atom stereocenters. The van der Waals surface area contributed by atoms with Gasteiger partial charge in [-0.2, -0.15) is 0 Å². The molecule has 0 aromatic carbocycles. The number of hydrogen-bond acceptors (Lipinski definition) is 3. The van der Waals surface area contributed by atoms with Crippen LogP contribution < -0.4 is 5.73 Å². The SMILES string of the molecule is CC1CCC(C(CN)N2CCCN(C)CC2C)CC1. The Morgan fingerprint density at radius 1 is 1.11 bits per heavy atom. The van der Waals surface area contributed by atoms with Crippen LogP contribution in [0.4, 0.5) is 0 Å². The molecule has 112 valence electrons. The van der Waals surface area contributed by atoms with Crippen LogP contribution >= 0.6 is 0 Å². The first-order chi connectivity index (χ1) is 9.11. The minimum absolute atomic E-state index is 0.619. The first kappa shape index (κ1) is 15.3. The first-order valence-corrected chi connectivity index (χ1v) is 8.26. The molecule has 1 aliphatic carbocycles. The first-order valence-electron chi connectivity index (χ1n) is 8.26. The van der Waals surface area contributed by atoms with Crippen LogP contribution in [0.15, 0.2) is 0 Å². The molecule has 2 unspecified atom stereocenters. The monoisotopic (exact) mass is 267 g/mol. The fourth-order valence-corrected chi connectivity index (χ4v) is 4.15. The van der Waals surface area contributed by atoms with Crippen LogP contribution in [0.5, 0.6) is 0 Å². The summed E-state index contributed by atoms with van der Waals surface area (Å²) < 4.78 is 0. The summed E-state index contributed by atoms with van der Waals surface area (Å²) in [5.41, 5.74) is 6.16. The summed E-state index contributed by atoms with van der Waals surface area (Å²) in [5, 5.41) is 0. The van der Waals surface area contributed by atoms with Crippen molar-refractivity contribution in [3.8, 4) is 0 Å². The average Bonchev–Trinajstić information content (AvgIpc) is 2.54. The van der Waals surface area contributed by atoms with Crippen molar-refractivity contribution in [2.45, 2.75) is 58.0 Å². The third-order valence-electron chi connectivity index (χ3n) is 5.37. The van der Waals surface area contributed by atoms with Gasteiger partial charge in [0.05, 0.1) is 0 Å². The highest BCUT2D eigenvalue weighted by molar-refractivity contribution is 4.88. The number of nitrogens with zero attached hydrogens (tertiary/aromatic N) is 2. The largest absolute Gasteiger partial charge is 0.329 e. The van der Waals surface area contributed by atoms with E-state index in [1.54, 1.807) is 0 Å². The molecule has 2 aliphatic rings. The lowest BCUT2D eigenvalue weighted by molar-refractivity contribution is 0.0803. The van der Waals surface area contributed by atoms with E-state index in [1.807, 2.05) is 0 Å². The number of likely N-dealkylation sites (N-methyl/N-ethyl adjacent to an activating group) is 1. The Hall–Kier alpha value is -0.120. The average molecular weight is 267 g/mol. The number of nitrogens with two attached hydrogens (primary N) is 1. The zero-order chi connectivity index (χ0) is 13.8. The van der Waals surface area contributed by atoms with Crippen molar-refractivity contribution in [3.05, 3.63) is 0 Å². The van der Waals surface area contributed by atoms with E-state index in [4.69, 9.17) is 5.73 Å². The molecule has 0 aromatic heterocycles. The van der Waals surface area contributed by atoms with E-state index in [9.17, 15) is 0 Å². The summed E-state index contributed by atoms with van der Waals surface area (Å²) in [4.78, 5) is 5.20. The molecule has 0 spiro atoms. The van der Waals surface area contributed by atoms with Gasteiger partial charge in [0.2, 0.25) is 0 Å². The summed E-state index contributed by atoms with van der Waals surface area (Å²) in [7, 11) is 2.25. The molecular weight excluding hydrogens is 234 g/mol. The van der Waals surface area contributed by atoms with Crippen molar-refractivity contribution >= 4 is 0 Å². The standard InChI is InChI=1S/C16H33N3/c1-13-5-7-15(8-6-13)16(11-17)19-10-4-9-18(3)12-14(19)2/h13-16H,4-12,17H2,1-3H3. The van der Waals surface area contributed by atoms with E-state index in [-0.39, 0.29) is 0 Å². The molecule has 2 rings (SSSR count). The fourth-order valence-electron chi connectivity index (χ4n) is 4.15. The van der Waals surface area contributed by atoms with Crippen LogP contribution in [0.1, 0.15) is 46.0 Å². The predicted molar refractivity (Wildman–Crippen MR) is 82.2 cm³/mol. The second-order valence-electron chi connectivity index (χ2n) is 7.03. The van der Waals surface area contributed by atoms with Gasteiger partial charge in [0.1, 0.15) is 0 Å². The van der Waals surface area contributed by atoms with Crippen LogP contribution in [0, 0.1) is 11.8 Å². The van der Waals surface area contributed by atoms with Gasteiger partial charge in [0.25, 0.3) is 0 Å². The summed E-state index contributed by atoms with van der Waals surface area (Å²) in [6.45, 7) is 9.29. The minimum Gasteiger partial charge on any atom is -0.329 e. The molecule has 3 nitrogen and oxygen atoms in total. The van der Waals surface area contributed by atoms with Crippen molar-refractivity contribution in [2.24, 2.45) is 17.6 Å². The van der Waals surface area contributed by atoms with Crippen LogP contribution in [0.25, 0.3) is 0 Å². The van der Waals surface area contributed by atoms with Gasteiger partial charge < -0.3 is 10.6 Å². The fraction of sp³-hybridized carbons (Fsp3) is 1.00. The van der Waals surface area contributed by atoms with E-state index in [2.05, 4.69) is 30.7 Å².